The van der Waals surface area contributed by atoms with Crippen LogP contribution in [-0.2, 0) is 6.54 Å². The van der Waals surface area contributed by atoms with Crippen LogP contribution >= 0.6 is 0 Å². The van der Waals surface area contributed by atoms with Gasteiger partial charge in [-0.3, -0.25) is 9.80 Å². The summed E-state index contributed by atoms with van der Waals surface area (Å²) >= 11 is 0. The lowest BCUT2D eigenvalue weighted by Gasteiger charge is -2.36. The number of rotatable bonds is 7. The van der Waals surface area contributed by atoms with E-state index in [0.717, 1.165) is 38.5 Å². The molecule has 140 valence electrons. The Morgan fingerprint density at radius 3 is 2.36 bits per heavy atom. The molecule has 0 bridgehead atoms. The zero-order valence-corrected chi connectivity index (χ0v) is 16.1. The fraction of sp³-hybridized carbons (Fsp3) is 0.750. The standard InChI is InChI=1S/C20H35N5/c1-18(2)25-14-12-24(13-15-25)17-19-6-7-20(22-16-19)21-8-11-23-9-4-3-5-10-23/h6-7,16,18H,3-5,8-15,17H2,1-2H3,(H,21,22). The summed E-state index contributed by atoms with van der Waals surface area (Å²) in [7, 11) is 0. The van der Waals surface area contributed by atoms with Gasteiger partial charge in [-0.2, -0.15) is 0 Å². The summed E-state index contributed by atoms with van der Waals surface area (Å²) in [5.74, 6) is 1.00. The maximum Gasteiger partial charge on any atom is 0.125 e. The molecule has 5 heteroatoms. The first-order chi connectivity index (χ1) is 12.2. The van der Waals surface area contributed by atoms with Crippen molar-refractivity contribution in [2.45, 2.75) is 45.7 Å². The quantitative estimate of drug-likeness (QED) is 0.821. The molecule has 0 atom stereocenters. The van der Waals surface area contributed by atoms with Crippen LogP contribution in [0.4, 0.5) is 5.82 Å². The van der Waals surface area contributed by atoms with Crippen molar-refractivity contribution in [2.24, 2.45) is 0 Å². The van der Waals surface area contributed by atoms with Crippen molar-refractivity contribution in [3.05, 3.63) is 23.9 Å². The van der Waals surface area contributed by atoms with Gasteiger partial charge < -0.3 is 10.2 Å². The molecule has 2 aliphatic heterocycles. The zero-order chi connectivity index (χ0) is 17.5. The lowest BCUT2D eigenvalue weighted by Crippen LogP contribution is -2.48. The molecular weight excluding hydrogens is 310 g/mol. The minimum atomic E-state index is 0.666. The zero-order valence-electron chi connectivity index (χ0n) is 16.1. The average Bonchev–Trinajstić information content (AvgIpc) is 2.64. The van der Waals surface area contributed by atoms with E-state index < -0.39 is 0 Å². The third-order valence-corrected chi connectivity index (χ3v) is 5.55. The van der Waals surface area contributed by atoms with Crippen molar-refractivity contribution in [1.82, 2.24) is 19.7 Å². The number of nitrogens with one attached hydrogen (secondary N) is 1. The molecule has 1 aromatic rings. The van der Waals surface area contributed by atoms with Gasteiger partial charge >= 0.3 is 0 Å². The van der Waals surface area contributed by atoms with Crippen LogP contribution in [0.2, 0.25) is 0 Å². The van der Waals surface area contributed by atoms with Gasteiger partial charge in [0.15, 0.2) is 0 Å². The smallest absolute Gasteiger partial charge is 0.125 e. The molecule has 0 aromatic carbocycles. The molecule has 3 heterocycles. The van der Waals surface area contributed by atoms with Gasteiger partial charge in [-0.25, -0.2) is 4.98 Å². The van der Waals surface area contributed by atoms with Gasteiger partial charge in [0.1, 0.15) is 5.82 Å². The third kappa shape index (κ3) is 5.94. The van der Waals surface area contributed by atoms with Crippen LogP contribution in [0.5, 0.6) is 0 Å². The molecule has 3 rings (SSSR count). The summed E-state index contributed by atoms with van der Waals surface area (Å²) in [4.78, 5) is 12.3. The average molecular weight is 346 g/mol. The molecule has 0 amide bonds. The molecule has 1 aromatic heterocycles. The maximum atomic E-state index is 4.60. The van der Waals surface area contributed by atoms with Crippen LogP contribution in [0.1, 0.15) is 38.7 Å². The minimum absolute atomic E-state index is 0.666. The van der Waals surface area contributed by atoms with Gasteiger partial charge in [0, 0.05) is 58.1 Å². The van der Waals surface area contributed by atoms with E-state index in [4.69, 9.17) is 0 Å². The Morgan fingerprint density at radius 2 is 1.72 bits per heavy atom. The van der Waals surface area contributed by atoms with E-state index in [1.54, 1.807) is 0 Å². The van der Waals surface area contributed by atoms with E-state index in [1.165, 1.54) is 51.0 Å². The number of nitrogens with zero attached hydrogens (tertiary/aromatic N) is 4. The maximum absolute atomic E-state index is 4.60. The number of likely N-dealkylation sites (tertiary alicyclic amines) is 1. The van der Waals surface area contributed by atoms with Gasteiger partial charge in [-0.05, 0) is 51.4 Å². The molecule has 25 heavy (non-hydrogen) atoms. The first-order valence-electron chi connectivity index (χ1n) is 10.1. The SMILES string of the molecule is CC(C)N1CCN(Cc2ccc(NCCN3CCCCC3)nc2)CC1. The van der Waals surface area contributed by atoms with Crippen LogP contribution in [0.25, 0.3) is 0 Å². The van der Waals surface area contributed by atoms with E-state index in [0.29, 0.717) is 6.04 Å². The fourth-order valence-corrected chi connectivity index (χ4v) is 3.84. The molecule has 0 aliphatic carbocycles. The van der Waals surface area contributed by atoms with Crippen molar-refractivity contribution in [2.75, 3.05) is 57.7 Å². The Labute approximate surface area is 153 Å². The van der Waals surface area contributed by atoms with Gasteiger partial charge in [0.2, 0.25) is 0 Å². The Bertz CT molecular complexity index is 487. The van der Waals surface area contributed by atoms with Crippen LogP contribution in [0.15, 0.2) is 18.3 Å². The lowest BCUT2D eigenvalue weighted by atomic mass is 10.1. The van der Waals surface area contributed by atoms with E-state index in [2.05, 4.69) is 51.0 Å². The highest BCUT2D eigenvalue weighted by molar-refractivity contribution is 5.35. The number of piperazine rings is 1. The highest BCUT2D eigenvalue weighted by atomic mass is 15.3. The monoisotopic (exact) mass is 345 g/mol. The van der Waals surface area contributed by atoms with Crippen LogP contribution in [-0.4, -0.2) is 78.1 Å². The summed E-state index contributed by atoms with van der Waals surface area (Å²) in [5.41, 5.74) is 1.32. The molecule has 0 radical (unpaired) electrons. The summed E-state index contributed by atoms with van der Waals surface area (Å²) in [6.45, 7) is 14.9. The third-order valence-electron chi connectivity index (χ3n) is 5.55. The van der Waals surface area contributed by atoms with E-state index in [9.17, 15) is 0 Å². The van der Waals surface area contributed by atoms with Gasteiger partial charge in [-0.1, -0.05) is 12.5 Å². The van der Waals surface area contributed by atoms with E-state index in [1.807, 2.05) is 6.20 Å². The summed E-state index contributed by atoms with van der Waals surface area (Å²) < 4.78 is 0. The minimum Gasteiger partial charge on any atom is -0.369 e. The second-order valence-corrected chi connectivity index (χ2v) is 7.79. The number of hydrogen-bond acceptors (Lipinski definition) is 5. The highest BCUT2D eigenvalue weighted by Gasteiger charge is 2.18. The number of piperidine rings is 1. The summed E-state index contributed by atoms with van der Waals surface area (Å²) in [5, 5.41) is 3.47. The predicted molar refractivity (Wildman–Crippen MR) is 105 cm³/mol. The second kappa shape index (κ2) is 9.51. The molecular formula is C20H35N5. The number of hydrogen-bond donors (Lipinski definition) is 1. The Balaban J connectivity index is 1.37. The van der Waals surface area contributed by atoms with Crippen molar-refractivity contribution in [3.63, 3.8) is 0 Å². The molecule has 1 N–H and O–H groups in total. The largest absolute Gasteiger partial charge is 0.369 e. The van der Waals surface area contributed by atoms with Crippen LogP contribution < -0.4 is 5.32 Å². The molecule has 0 unspecified atom stereocenters. The van der Waals surface area contributed by atoms with Crippen LogP contribution in [0.3, 0.4) is 0 Å². The molecule has 0 spiro atoms. The van der Waals surface area contributed by atoms with Gasteiger partial charge in [0.05, 0.1) is 0 Å². The van der Waals surface area contributed by atoms with Gasteiger partial charge in [0.25, 0.3) is 0 Å². The Hall–Kier alpha value is -1.17. The van der Waals surface area contributed by atoms with Gasteiger partial charge in [-0.15, -0.1) is 0 Å². The van der Waals surface area contributed by atoms with Crippen molar-refractivity contribution < 1.29 is 0 Å². The Kier molecular flexibility index (Phi) is 7.08. The molecule has 2 aliphatic rings. The lowest BCUT2D eigenvalue weighted by molar-refractivity contribution is 0.104. The first kappa shape index (κ1) is 18.6. The predicted octanol–water partition coefficient (Wildman–Crippen LogP) is 2.51. The molecule has 5 nitrogen and oxygen atoms in total. The number of aromatic nitrogens is 1. The Morgan fingerprint density at radius 1 is 0.960 bits per heavy atom. The number of pyridine rings is 1. The topological polar surface area (TPSA) is 34.6 Å². The summed E-state index contributed by atoms with van der Waals surface area (Å²) in [6.07, 6.45) is 6.16. The van der Waals surface area contributed by atoms with E-state index >= 15 is 0 Å². The summed E-state index contributed by atoms with van der Waals surface area (Å²) in [6, 6.07) is 5.03. The van der Waals surface area contributed by atoms with Crippen LogP contribution in [0, 0.1) is 0 Å². The first-order valence-corrected chi connectivity index (χ1v) is 10.1. The van der Waals surface area contributed by atoms with Crippen molar-refractivity contribution >= 4 is 5.82 Å². The van der Waals surface area contributed by atoms with E-state index in [-0.39, 0.29) is 0 Å². The normalized spacial score (nSPS) is 20.9. The molecule has 2 saturated heterocycles. The fourth-order valence-electron chi connectivity index (χ4n) is 3.84. The highest BCUT2D eigenvalue weighted by Crippen LogP contribution is 2.12. The van der Waals surface area contributed by atoms with Crippen molar-refractivity contribution in [3.8, 4) is 0 Å². The molecule has 2 fully saturated rings. The second-order valence-electron chi connectivity index (χ2n) is 7.79. The number of anilines is 1. The molecule has 0 saturated carbocycles. The van der Waals surface area contributed by atoms with Crippen molar-refractivity contribution in [1.29, 1.82) is 0 Å².